The van der Waals surface area contributed by atoms with E-state index >= 15 is 0 Å². The molecule has 0 saturated carbocycles. The van der Waals surface area contributed by atoms with Gasteiger partial charge in [0.05, 0.1) is 0 Å². The lowest BCUT2D eigenvalue weighted by molar-refractivity contribution is 0.134. The molecule has 2 heterocycles. The third kappa shape index (κ3) is 3.73. The Hall–Kier alpha value is -1.84. The van der Waals surface area contributed by atoms with Crippen molar-refractivity contribution in [1.29, 1.82) is 0 Å². The number of hydrogen-bond donors (Lipinski definition) is 0. The molecule has 3 aromatic rings. The van der Waals surface area contributed by atoms with E-state index in [1.165, 1.54) is 25.1 Å². The predicted octanol–water partition coefficient (Wildman–Crippen LogP) is 5.63. The van der Waals surface area contributed by atoms with Crippen molar-refractivity contribution >= 4 is 22.7 Å². The van der Waals surface area contributed by atoms with Crippen molar-refractivity contribution in [3.63, 3.8) is 0 Å². The first kappa shape index (κ1) is 16.6. The molecular formula is C21H23ClN2O. The zero-order valence-electron chi connectivity index (χ0n) is 14.7. The fraction of sp³-hybridized carbons (Fsp3) is 0.381. The second-order valence-electron chi connectivity index (χ2n) is 7.47. The van der Waals surface area contributed by atoms with Gasteiger partial charge in [-0.05, 0) is 54.2 Å². The molecule has 2 atom stereocenters. The quantitative estimate of drug-likeness (QED) is 0.610. The first-order valence-electron chi connectivity index (χ1n) is 8.94. The number of hydrogen-bond acceptors (Lipinski definition) is 3. The van der Waals surface area contributed by atoms with E-state index in [0.29, 0.717) is 10.9 Å². The van der Waals surface area contributed by atoms with Crippen LogP contribution in [0, 0.1) is 11.8 Å². The van der Waals surface area contributed by atoms with Crippen LogP contribution in [0.3, 0.4) is 0 Å². The summed E-state index contributed by atoms with van der Waals surface area (Å²) in [6.45, 7) is 8.02. The van der Waals surface area contributed by atoms with Gasteiger partial charge < -0.3 is 4.42 Å². The zero-order chi connectivity index (χ0) is 17.4. The van der Waals surface area contributed by atoms with Crippen LogP contribution in [-0.4, -0.2) is 23.0 Å². The van der Waals surface area contributed by atoms with Crippen molar-refractivity contribution in [1.82, 2.24) is 9.88 Å². The van der Waals surface area contributed by atoms with Crippen LogP contribution >= 0.6 is 11.6 Å². The van der Waals surface area contributed by atoms with Gasteiger partial charge in [-0.2, -0.15) is 0 Å². The Morgan fingerprint density at radius 1 is 1.12 bits per heavy atom. The molecule has 0 N–H and O–H groups in total. The SMILES string of the molecule is C[C@@H]1C[C@@H](C)CN(Cc2ccc3oc(-c4cccc(Cl)c4)nc3c2)C1. The van der Waals surface area contributed by atoms with Crippen LogP contribution in [0.25, 0.3) is 22.6 Å². The highest BCUT2D eigenvalue weighted by Gasteiger charge is 2.21. The van der Waals surface area contributed by atoms with E-state index in [2.05, 4.69) is 35.9 Å². The van der Waals surface area contributed by atoms with Crippen molar-refractivity contribution in [2.45, 2.75) is 26.8 Å². The molecular weight excluding hydrogens is 332 g/mol. The van der Waals surface area contributed by atoms with Crippen LogP contribution < -0.4 is 0 Å². The summed E-state index contributed by atoms with van der Waals surface area (Å²) < 4.78 is 5.90. The summed E-state index contributed by atoms with van der Waals surface area (Å²) in [4.78, 5) is 7.22. The number of nitrogens with zero attached hydrogens (tertiary/aromatic N) is 2. The lowest BCUT2D eigenvalue weighted by Gasteiger charge is -2.34. The molecule has 1 aliphatic heterocycles. The number of likely N-dealkylation sites (tertiary alicyclic amines) is 1. The highest BCUT2D eigenvalue weighted by molar-refractivity contribution is 6.30. The minimum atomic E-state index is 0.620. The number of benzene rings is 2. The highest BCUT2D eigenvalue weighted by atomic mass is 35.5. The van der Waals surface area contributed by atoms with Gasteiger partial charge in [-0.25, -0.2) is 4.98 Å². The van der Waals surface area contributed by atoms with E-state index in [4.69, 9.17) is 16.0 Å². The topological polar surface area (TPSA) is 29.3 Å². The molecule has 4 heteroatoms. The Labute approximate surface area is 153 Å². The van der Waals surface area contributed by atoms with Crippen LogP contribution in [0.1, 0.15) is 25.8 Å². The second kappa shape index (κ2) is 6.81. The Morgan fingerprint density at radius 2 is 1.92 bits per heavy atom. The minimum absolute atomic E-state index is 0.620. The third-order valence-corrected chi connectivity index (χ3v) is 5.11. The number of fused-ring (bicyclic) bond motifs is 1. The average molecular weight is 355 g/mol. The molecule has 0 radical (unpaired) electrons. The number of piperidine rings is 1. The number of rotatable bonds is 3. The van der Waals surface area contributed by atoms with Gasteiger partial charge in [0, 0.05) is 30.2 Å². The fourth-order valence-corrected chi connectivity index (χ4v) is 4.19. The largest absolute Gasteiger partial charge is 0.436 e. The van der Waals surface area contributed by atoms with Crippen molar-refractivity contribution < 1.29 is 4.42 Å². The van der Waals surface area contributed by atoms with E-state index < -0.39 is 0 Å². The first-order valence-corrected chi connectivity index (χ1v) is 9.32. The monoisotopic (exact) mass is 354 g/mol. The molecule has 1 fully saturated rings. The van der Waals surface area contributed by atoms with E-state index in [9.17, 15) is 0 Å². The lowest BCUT2D eigenvalue weighted by Crippen LogP contribution is -2.38. The molecule has 0 spiro atoms. The van der Waals surface area contributed by atoms with E-state index in [0.717, 1.165) is 35.0 Å². The van der Waals surface area contributed by atoms with Crippen LogP contribution in [0.2, 0.25) is 5.02 Å². The number of halogens is 1. The molecule has 3 nitrogen and oxygen atoms in total. The lowest BCUT2D eigenvalue weighted by atomic mass is 9.91. The van der Waals surface area contributed by atoms with Crippen molar-refractivity contribution in [2.24, 2.45) is 11.8 Å². The van der Waals surface area contributed by atoms with Gasteiger partial charge in [0.25, 0.3) is 0 Å². The Balaban J connectivity index is 1.58. The summed E-state index contributed by atoms with van der Waals surface area (Å²) in [6, 6.07) is 13.9. The van der Waals surface area contributed by atoms with Crippen molar-refractivity contribution in [3.05, 3.63) is 53.1 Å². The number of oxazole rings is 1. The summed E-state index contributed by atoms with van der Waals surface area (Å²) in [7, 11) is 0. The maximum absolute atomic E-state index is 6.08. The van der Waals surface area contributed by atoms with Crippen LogP contribution in [0.4, 0.5) is 0 Å². The van der Waals surface area contributed by atoms with E-state index in [1.807, 2.05) is 30.3 Å². The van der Waals surface area contributed by atoms with Gasteiger partial charge in [-0.1, -0.05) is 37.6 Å². The molecule has 25 heavy (non-hydrogen) atoms. The predicted molar refractivity (Wildman–Crippen MR) is 103 cm³/mol. The van der Waals surface area contributed by atoms with Gasteiger partial charge in [0.2, 0.25) is 5.89 Å². The second-order valence-corrected chi connectivity index (χ2v) is 7.91. The van der Waals surface area contributed by atoms with Crippen molar-refractivity contribution in [3.8, 4) is 11.5 Å². The molecule has 1 aromatic heterocycles. The molecule has 1 saturated heterocycles. The van der Waals surface area contributed by atoms with Crippen LogP contribution in [0.5, 0.6) is 0 Å². The standard InChI is InChI=1S/C21H23ClN2O/c1-14-8-15(2)12-24(11-14)13-16-6-7-20-19(9-16)23-21(25-20)17-4-3-5-18(22)10-17/h3-7,9-10,14-15H,8,11-13H2,1-2H3/t14-,15-/m1/s1. The third-order valence-electron chi connectivity index (χ3n) is 4.87. The van der Waals surface area contributed by atoms with Crippen LogP contribution in [-0.2, 0) is 6.54 Å². The first-order chi connectivity index (χ1) is 12.1. The smallest absolute Gasteiger partial charge is 0.227 e. The number of aromatic nitrogens is 1. The molecule has 0 amide bonds. The molecule has 2 aromatic carbocycles. The Bertz CT molecular complexity index is 878. The average Bonchev–Trinajstić information content (AvgIpc) is 2.97. The summed E-state index contributed by atoms with van der Waals surface area (Å²) in [5, 5.41) is 0.689. The Morgan fingerprint density at radius 3 is 2.68 bits per heavy atom. The highest BCUT2D eigenvalue weighted by Crippen LogP contribution is 2.28. The summed E-state index contributed by atoms with van der Waals surface area (Å²) >= 11 is 6.08. The van der Waals surface area contributed by atoms with Gasteiger partial charge >= 0.3 is 0 Å². The normalized spacial score (nSPS) is 21.7. The van der Waals surface area contributed by atoms with Crippen LogP contribution in [0.15, 0.2) is 46.9 Å². The maximum Gasteiger partial charge on any atom is 0.227 e. The minimum Gasteiger partial charge on any atom is -0.436 e. The molecule has 0 bridgehead atoms. The molecule has 4 rings (SSSR count). The molecule has 0 aliphatic carbocycles. The van der Waals surface area contributed by atoms with Gasteiger partial charge in [0.15, 0.2) is 5.58 Å². The molecule has 0 unspecified atom stereocenters. The maximum atomic E-state index is 6.08. The van der Waals surface area contributed by atoms with Gasteiger partial charge in [0.1, 0.15) is 5.52 Å². The molecule has 1 aliphatic rings. The van der Waals surface area contributed by atoms with E-state index in [1.54, 1.807) is 0 Å². The van der Waals surface area contributed by atoms with Crippen molar-refractivity contribution in [2.75, 3.05) is 13.1 Å². The molecule has 130 valence electrons. The summed E-state index contributed by atoms with van der Waals surface area (Å²) in [5.74, 6) is 2.16. The Kier molecular flexibility index (Phi) is 4.53. The fourth-order valence-electron chi connectivity index (χ4n) is 4.00. The van der Waals surface area contributed by atoms with E-state index in [-0.39, 0.29) is 0 Å². The summed E-state index contributed by atoms with van der Waals surface area (Å²) in [6.07, 6.45) is 1.34. The van der Waals surface area contributed by atoms with Gasteiger partial charge in [-0.15, -0.1) is 0 Å². The van der Waals surface area contributed by atoms with Gasteiger partial charge in [-0.3, -0.25) is 4.90 Å². The summed E-state index contributed by atoms with van der Waals surface area (Å²) in [5.41, 5.74) is 3.92. The zero-order valence-corrected chi connectivity index (χ0v) is 15.5.